The Labute approximate surface area is 197 Å². The lowest BCUT2D eigenvalue weighted by molar-refractivity contribution is 0.0742. The zero-order valence-corrected chi connectivity index (χ0v) is 19.1. The largest absolute Gasteiger partial charge is 0.508 e. The molecule has 5 rings (SSSR count). The number of anilines is 1. The lowest BCUT2D eigenvalue weighted by Gasteiger charge is -2.36. The van der Waals surface area contributed by atoms with Gasteiger partial charge in [0.2, 0.25) is 0 Å². The third-order valence-electron chi connectivity index (χ3n) is 6.42. The maximum absolute atomic E-state index is 15.1. The van der Waals surface area contributed by atoms with Gasteiger partial charge in [-0.15, -0.1) is 0 Å². The minimum atomic E-state index is -0.360. The number of aromatic amines is 1. The first-order chi connectivity index (χ1) is 16.5. The van der Waals surface area contributed by atoms with E-state index in [9.17, 15) is 9.90 Å². The van der Waals surface area contributed by atoms with Crippen LogP contribution in [0.25, 0.3) is 22.0 Å². The zero-order valence-electron chi connectivity index (χ0n) is 19.1. The minimum Gasteiger partial charge on any atom is -0.508 e. The van der Waals surface area contributed by atoms with E-state index in [1.54, 1.807) is 43.2 Å². The SMILES string of the molecule is COc1ccccc1-c1cc(C)c(F)c2[nH]c(C(=O)N3CCN(c4cccc(O)c4)CC3)cc12. The first-order valence-electron chi connectivity index (χ1n) is 11.2. The Morgan fingerprint density at radius 3 is 2.50 bits per heavy atom. The molecule has 1 amide bonds. The standard InChI is InChI=1S/C27H26FN3O3/c1-17-14-21(20-8-3-4-9-24(20)34-2)22-16-23(29-26(22)25(17)28)27(33)31-12-10-30(11-13-31)18-6-5-7-19(32)15-18/h3-9,14-16,29,32H,10-13H2,1-2H3. The number of piperazine rings is 1. The maximum Gasteiger partial charge on any atom is 0.270 e. The smallest absolute Gasteiger partial charge is 0.270 e. The molecule has 0 saturated carbocycles. The van der Waals surface area contributed by atoms with Gasteiger partial charge in [0.1, 0.15) is 23.0 Å². The molecule has 1 saturated heterocycles. The number of rotatable bonds is 4. The summed E-state index contributed by atoms with van der Waals surface area (Å²) in [5, 5.41) is 10.4. The number of para-hydroxylation sites is 1. The maximum atomic E-state index is 15.1. The van der Waals surface area contributed by atoms with E-state index in [0.29, 0.717) is 54.1 Å². The van der Waals surface area contributed by atoms with Crippen molar-refractivity contribution in [1.29, 1.82) is 0 Å². The van der Waals surface area contributed by atoms with Crippen molar-refractivity contribution in [3.05, 3.63) is 77.7 Å². The summed E-state index contributed by atoms with van der Waals surface area (Å²) in [7, 11) is 1.61. The van der Waals surface area contributed by atoms with E-state index in [-0.39, 0.29) is 17.5 Å². The molecular formula is C27H26FN3O3. The summed E-state index contributed by atoms with van der Waals surface area (Å²) >= 11 is 0. The van der Waals surface area contributed by atoms with Crippen LogP contribution >= 0.6 is 0 Å². The number of aromatic nitrogens is 1. The number of aromatic hydroxyl groups is 1. The van der Waals surface area contributed by atoms with E-state index in [1.807, 2.05) is 36.4 Å². The van der Waals surface area contributed by atoms with E-state index in [4.69, 9.17) is 4.74 Å². The van der Waals surface area contributed by atoms with Gasteiger partial charge in [-0.2, -0.15) is 0 Å². The lowest BCUT2D eigenvalue weighted by Crippen LogP contribution is -2.48. The third kappa shape index (κ3) is 3.83. The number of methoxy groups -OCH3 is 1. The van der Waals surface area contributed by atoms with Crippen LogP contribution in [-0.2, 0) is 0 Å². The molecule has 174 valence electrons. The van der Waals surface area contributed by atoms with Crippen LogP contribution in [0.15, 0.2) is 60.7 Å². The highest BCUT2D eigenvalue weighted by Crippen LogP contribution is 2.37. The summed E-state index contributed by atoms with van der Waals surface area (Å²) in [6.45, 7) is 4.08. The first-order valence-corrected chi connectivity index (χ1v) is 11.2. The van der Waals surface area contributed by atoms with Crippen LogP contribution < -0.4 is 9.64 Å². The van der Waals surface area contributed by atoms with Crippen molar-refractivity contribution >= 4 is 22.5 Å². The molecule has 1 aliphatic rings. The predicted molar refractivity (Wildman–Crippen MR) is 131 cm³/mol. The Bertz CT molecular complexity index is 1370. The number of phenolic OH excluding ortho intramolecular Hbond substituents is 1. The van der Waals surface area contributed by atoms with Gasteiger partial charge in [-0.3, -0.25) is 4.79 Å². The Morgan fingerprint density at radius 2 is 1.76 bits per heavy atom. The van der Waals surface area contributed by atoms with Gasteiger partial charge in [0.05, 0.1) is 12.6 Å². The van der Waals surface area contributed by atoms with E-state index in [0.717, 1.165) is 16.8 Å². The molecule has 0 aliphatic carbocycles. The van der Waals surface area contributed by atoms with Crippen molar-refractivity contribution in [2.45, 2.75) is 6.92 Å². The Morgan fingerprint density at radius 1 is 1.00 bits per heavy atom. The topological polar surface area (TPSA) is 68.8 Å². The number of halogens is 1. The molecule has 0 unspecified atom stereocenters. The number of benzene rings is 3. The van der Waals surface area contributed by atoms with E-state index < -0.39 is 0 Å². The van der Waals surface area contributed by atoms with Gasteiger partial charge in [-0.05, 0) is 48.4 Å². The van der Waals surface area contributed by atoms with Gasteiger partial charge in [-0.25, -0.2) is 4.39 Å². The van der Waals surface area contributed by atoms with Gasteiger partial charge in [0.15, 0.2) is 0 Å². The summed E-state index contributed by atoms with van der Waals surface area (Å²) in [5.41, 5.74) is 3.76. The number of fused-ring (bicyclic) bond motifs is 1. The molecule has 1 aromatic heterocycles. The molecule has 4 aromatic rings. The zero-order chi connectivity index (χ0) is 23.8. The second kappa shape index (κ2) is 8.74. The van der Waals surface area contributed by atoms with Crippen LogP contribution in [0.1, 0.15) is 16.1 Å². The fourth-order valence-electron chi connectivity index (χ4n) is 4.63. The molecule has 3 aromatic carbocycles. The number of carbonyl (C=O) groups is 1. The minimum absolute atomic E-state index is 0.158. The quantitative estimate of drug-likeness (QED) is 0.453. The van der Waals surface area contributed by atoms with Crippen molar-refractivity contribution < 1.29 is 19.0 Å². The molecule has 2 N–H and O–H groups in total. The van der Waals surface area contributed by atoms with Crippen LogP contribution in [-0.4, -0.2) is 54.2 Å². The van der Waals surface area contributed by atoms with Crippen molar-refractivity contribution in [3.8, 4) is 22.6 Å². The number of amides is 1. The van der Waals surface area contributed by atoms with Crippen molar-refractivity contribution in [3.63, 3.8) is 0 Å². The number of hydrogen-bond donors (Lipinski definition) is 2. The molecule has 6 nitrogen and oxygen atoms in total. The average molecular weight is 460 g/mol. The number of nitrogens with one attached hydrogen (secondary N) is 1. The number of hydrogen-bond acceptors (Lipinski definition) is 4. The van der Waals surface area contributed by atoms with Gasteiger partial charge < -0.3 is 24.6 Å². The highest BCUT2D eigenvalue weighted by molar-refractivity contribution is 6.04. The van der Waals surface area contributed by atoms with E-state index in [1.165, 1.54) is 0 Å². The highest BCUT2D eigenvalue weighted by atomic mass is 19.1. The molecule has 34 heavy (non-hydrogen) atoms. The van der Waals surface area contributed by atoms with Gasteiger partial charge in [0, 0.05) is 48.9 Å². The summed E-state index contributed by atoms with van der Waals surface area (Å²) in [5.74, 6) is 0.389. The highest BCUT2D eigenvalue weighted by Gasteiger charge is 2.25. The molecule has 2 heterocycles. The molecule has 0 bridgehead atoms. The average Bonchev–Trinajstić information content (AvgIpc) is 3.32. The number of ether oxygens (including phenoxy) is 1. The lowest BCUT2D eigenvalue weighted by atomic mass is 9.98. The molecule has 0 radical (unpaired) electrons. The van der Waals surface area contributed by atoms with Crippen LogP contribution in [0.3, 0.4) is 0 Å². The number of H-pyrrole nitrogens is 1. The van der Waals surface area contributed by atoms with Crippen LogP contribution in [0.5, 0.6) is 11.5 Å². The fraction of sp³-hybridized carbons (Fsp3) is 0.222. The molecule has 7 heteroatoms. The Balaban J connectivity index is 1.45. The number of nitrogens with zero attached hydrogens (tertiary/aromatic N) is 2. The molecule has 0 atom stereocenters. The number of phenols is 1. The summed E-state index contributed by atoms with van der Waals surface area (Å²) in [4.78, 5) is 20.3. The van der Waals surface area contributed by atoms with Crippen molar-refractivity contribution in [1.82, 2.24) is 9.88 Å². The number of aryl methyl sites for hydroxylation is 1. The van der Waals surface area contributed by atoms with Gasteiger partial charge >= 0.3 is 0 Å². The summed E-state index contributed by atoms with van der Waals surface area (Å²) in [6.07, 6.45) is 0. The summed E-state index contributed by atoms with van der Waals surface area (Å²) < 4.78 is 20.6. The van der Waals surface area contributed by atoms with Crippen molar-refractivity contribution in [2.75, 3.05) is 38.2 Å². The Hall–Kier alpha value is -4.00. The van der Waals surface area contributed by atoms with E-state index in [2.05, 4.69) is 9.88 Å². The van der Waals surface area contributed by atoms with Crippen LogP contribution in [0, 0.1) is 12.7 Å². The van der Waals surface area contributed by atoms with Crippen molar-refractivity contribution in [2.24, 2.45) is 0 Å². The molecule has 1 aliphatic heterocycles. The third-order valence-corrected chi connectivity index (χ3v) is 6.42. The fourth-order valence-corrected chi connectivity index (χ4v) is 4.63. The predicted octanol–water partition coefficient (Wildman–Crippen LogP) is 4.96. The van der Waals surface area contributed by atoms with Crippen LogP contribution in [0.4, 0.5) is 10.1 Å². The Kier molecular flexibility index (Phi) is 5.61. The molecule has 1 fully saturated rings. The van der Waals surface area contributed by atoms with Gasteiger partial charge in [-0.1, -0.05) is 24.3 Å². The summed E-state index contributed by atoms with van der Waals surface area (Å²) in [6, 6.07) is 18.2. The van der Waals surface area contributed by atoms with E-state index >= 15 is 4.39 Å². The second-order valence-electron chi connectivity index (χ2n) is 8.53. The molecule has 0 spiro atoms. The van der Waals surface area contributed by atoms with Gasteiger partial charge in [0.25, 0.3) is 5.91 Å². The number of carbonyl (C=O) groups excluding carboxylic acids is 1. The monoisotopic (exact) mass is 459 g/mol. The normalized spacial score (nSPS) is 14.0. The second-order valence-corrected chi connectivity index (χ2v) is 8.53. The van der Waals surface area contributed by atoms with Crippen LogP contribution in [0.2, 0.25) is 0 Å². The first kappa shape index (κ1) is 21.8. The molecular weight excluding hydrogens is 433 g/mol.